The van der Waals surface area contributed by atoms with E-state index in [1.165, 1.54) is 6.92 Å². The summed E-state index contributed by atoms with van der Waals surface area (Å²) in [5.41, 5.74) is 0. The average molecular weight is 158 g/mol. The van der Waals surface area contributed by atoms with Gasteiger partial charge in [-0.25, -0.2) is 0 Å². The summed E-state index contributed by atoms with van der Waals surface area (Å²) >= 11 is 0. The quantitative estimate of drug-likeness (QED) is 0.462. The van der Waals surface area contributed by atoms with E-state index in [1.807, 2.05) is 0 Å². The first kappa shape index (κ1) is 9.21. The van der Waals surface area contributed by atoms with Crippen LogP contribution in [0, 0.1) is 0 Å². The van der Waals surface area contributed by atoms with Gasteiger partial charge in [-0.1, -0.05) is 0 Å². The molecule has 0 aromatic heterocycles. The van der Waals surface area contributed by atoms with Crippen molar-refractivity contribution in [2.45, 2.75) is 20.1 Å². The number of rotatable bonds is 4. The fraction of sp³-hybridized carbons (Fsp3) is 1.00. The Bertz CT molecular complexity index is 71.6. The van der Waals surface area contributed by atoms with Crippen molar-refractivity contribution >= 4 is 8.77 Å². The smallest absolute Gasteiger partial charge is 0.353 e. The van der Waals surface area contributed by atoms with Crippen molar-refractivity contribution in [3.05, 3.63) is 0 Å². The first-order chi connectivity index (χ1) is 4.16. The molecule has 0 bridgehead atoms. The van der Waals surface area contributed by atoms with Crippen molar-refractivity contribution in [3.8, 4) is 0 Å². The van der Waals surface area contributed by atoms with Gasteiger partial charge in [-0.05, 0) is 13.8 Å². The lowest BCUT2D eigenvalue weighted by molar-refractivity contribution is -0.0613. The van der Waals surface area contributed by atoms with Gasteiger partial charge in [-0.2, -0.15) is 8.39 Å². The number of hydrogen-bond acceptors (Lipinski definition) is 2. The van der Waals surface area contributed by atoms with Crippen LogP contribution in [0.3, 0.4) is 0 Å². The molecule has 2 nitrogen and oxygen atoms in total. The number of halogens is 2. The van der Waals surface area contributed by atoms with E-state index in [-0.39, 0.29) is 0 Å². The Balaban J connectivity index is 3.15. The van der Waals surface area contributed by atoms with Crippen LogP contribution in [0.2, 0.25) is 0 Å². The molecule has 0 aromatic rings. The summed E-state index contributed by atoms with van der Waals surface area (Å²) in [4.78, 5) is 0. The summed E-state index contributed by atoms with van der Waals surface area (Å²) in [6.45, 7) is 3.56. The Morgan fingerprint density at radius 1 is 1.56 bits per heavy atom. The van der Waals surface area contributed by atoms with E-state index in [2.05, 4.69) is 9.26 Å². The molecule has 0 N–H and O–H groups in total. The van der Waals surface area contributed by atoms with E-state index in [1.54, 1.807) is 6.92 Å². The number of ether oxygens (including phenoxy) is 1. The van der Waals surface area contributed by atoms with Crippen LogP contribution in [0.15, 0.2) is 0 Å². The van der Waals surface area contributed by atoms with Gasteiger partial charge in [0.25, 0.3) is 0 Å². The zero-order chi connectivity index (χ0) is 7.28. The van der Waals surface area contributed by atoms with Gasteiger partial charge in [0.15, 0.2) is 6.29 Å². The molecule has 0 rings (SSSR count). The molecule has 1 unspecified atom stereocenters. The van der Waals surface area contributed by atoms with Crippen LogP contribution in [0.25, 0.3) is 0 Å². The first-order valence-electron chi connectivity index (χ1n) is 2.57. The predicted molar refractivity (Wildman–Crippen MR) is 31.3 cm³/mol. The van der Waals surface area contributed by atoms with E-state index in [9.17, 15) is 8.39 Å². The van der Waals surface area contributed by atoms with Crippen LogP contribution in [-0.2, 0) is 9.26 Å². The van der Waals surface area contributed by atoms with Crippen molar-refractivity contribution in [1.29, 1.82) is 0 Å². The Hall–Kier alpha value is 0.210. The summed E-state index contributed by atoms with van der Waals surface area (Å²) in [6.07, 6.45) is -0.781. The molecule has 0 aliphatic carbocycles. The van der Waals surface area contributed by atoms with E-state index in [4.69, 9.17) is 0 Å². The molecular weight excluding hydrogens is 149 g/mol. The maximum absolute atomic E-state index is 11.4. The van der Waals surface area contributed by atoms with Crippen LogP contribution in [-0.4, -0.2) is 12.9 Å². The molecule has 0 spiro atoms. The second-order valence-electron chi connectivity index (χ2n) is 1.33. The van der Waals surface area contributed by atoms with E-state index >= 15 is 0 Å². The van der Waals surface area contributed by atoms with Crippen LogP contribution in [0.5, 0.6) is 0 Å². The van der Waals surface area contributed by atoms with Gasteiger partial charge in [0, 0.05) is 6.61 Å². The summed E-state index contributed by atoms with van der Waals surface area (Å²) in [5, 5.41) is 0. The van der Waals surface area contributed by atoms with Gasteiger partial charge in [0.05, 0.1) is 0 Å². The van der Waals surface area contributed by atoms with Crippen molar-refractivity contribution < 1.29 is 17.7 Å². The number of hydrogen-bond donors (Lipinski definition) is 0. The maximum Gasteiger partial charge on any atom is 0.417 e. The third kappa shape index (κ3) is 6.09. The summed E-state index contributed by atoms with van der Waals surface area (Å²) in [7, 11) is -3.28. The summed E-state index contributed by atoms with van der Waals surface area (Å²) < 4.78 is 31.4. The average Bonchev–Trinajstić information content (AvgIpc) is 1.63. The molecule has 1 atom stereocenters. The second-order valence-corrected chi connectivity index (χ2v) is 1.94. The zero-order valence-electron chi connectivity index (χ0n) is 5.30. The Kier molecular flexibility index (Phi) is 5.15. The SMILES string of the molecule is CCOC(C)OP(F)F. The maximum atomic E-state index is 11.4. The molecule has 0 aromatic carbocycles. The van der Waals surface area contributed by atoms with Crippen molar-refractivity contribution in [3.63, 3.8) is 0 Å². The van der Waals surface area contributed by atoms with Crippen molar-refractivity contribution in [2.75, 3.05) is 6.61 Å². The van der Waals surface area contributed by atoms with E-state index < -0.39 is 15.1 Å². The van der Waals surface area contributed by atoms with E-state index in [0.717, 1.165) is 0 Å². The largest absolute Gasteiger partial charge is 0.417 e. The monoisotopic (exact) mass is 158 g/mol. The molecule has 0 fully saturated rings. The highest BCUT2D eigenvalue weighted by molar-refractivity contribution is 7.40. The minimum atomic E-state index is -3.28. The van der Waals surface area contributed by atoms with Crippen LogP contribution in [0.4, 0.5) is 8.39 Å². The van der Waals surface area contributed by atoms with Crippen LogP contribution >= 0.6 is 8.77 Å². The molecule has 0 aliphatic rings. The molecule has 0 aliphatic heterocycles. The topological polar surface area (TPSA) is 18.5 Å². The minimum absolute atomic E-state index is 0.393. The summed E-state index contributed by atoms with van der Waals surface area (Å²) in [6, 6.07) is 0. The molecule has 0 amide bonds. The molecule has 0 radical (unpaired) electrons. The fourth-order valence-electron chi connectivity index (χ4n) is 0.377. The third-order valence-corrected chi connectivity index (χ3v) is 1.09. The van der Waals surface area contributed by atoms with Crippen molar-refractivity contribution in [2.24, 2.45) is 0 Å². The fourth-order valence-corrected chi connectivity index (χ4v) is 0.663. The van der Waals surface area contributed by atoms with Crippen molar-refractivity contribution in [1.82, 2.24) is 0 Å². The highest BCUT2D eigenvalue weighted by Gasteiger charge is 2.10. The van der Waals surface area contributed by atoms with Crippen LogP contribution in [0.1, 0.15) is 13.8 Å². The van der Waals surface area contributed by atoms with Gasteiger partial charge < -0.3 is 4.74 Å². The van der Waals surface area contributed by atoms with Gasteiger partial charge in [0.2, 0.25) is 0 Å². The van der Waals surface area contributed by atoms with Gasteiger partial charge in [0.1, 0.15) is 0 Å². The molecule has 5 heteroatoms. The Morgan fingerprint density at radius 3 is 2.44 bits per heavy atom. The highest BCUT2D eigenvalue weighted by Crippen LogP contribution is 2.41. The lowest BCUT2D eigenvalue weighted by Crippen LogP contribution is -2.07. The summed E-state index contributed by atoms with van der Waals surface area (Å²) in [5.74, 6) is 0. The van der Waals surface area contributed by atoms with Crippen LogP contribution < -0.4 is 0 Å². The highest BCUT2D eigenvalue weighted by atomic mass is 31.2. The minimum Gasteiger partial charge on any atom is -0.353 e. The van der Waals surface area contributed by atoms with Gasteiger partial charge >= 0.3 is 8.77 Å². The molecule has 0 saturated carbocycles. The third-order valence-electron chi connectivity index (χ3n) is 0.629. The molecule has 9 heavy (non-hydrogen) atoms. The zero-order valence-corrected chi connectivity index (χ0v) is 6.20. The standard InChI is InChI=1S/C4H9F2O2P/c1-3-7-4(2)8-9(5)6/h4H,3H2,1-2H3. The van der Waals surface area contributed by atoms with Gasteiger partial charge in [-0.3, -0.25) is 4.52 Å². The predicted octanol–water partition coefficient (Wildman–Crippen LogP) is 2.55. The normalized spacial score (nSPS) is 14.3. The first-order valence-corrected chi connectivity index (χ1v) is 3.61. The van der Waals surface area contributed by atoms with E-state index in [0.29, 0.717) is 6.61 Å². The lowest BCUT2D eigenvalue weighted by Gasteiger charge is -2.09. The van der Waals surface area contributed by atoms with Gasteiger partial charge in [-0.15, -0.1) is 0 Å². The molecular formula is C4H9F2O2P. The second kappa shape index (κ2) is 5.03. The lowest BCUT2D eigenvalue weighted by atomic mass is 10.7. The Labute approximate surface area is 54.2 Å². The molecule has 0 heterocycles. The molecule has 0 saturated heterocycles. The molecule has 56 valence electrons. The Morgan fingerprint density at radius 2 is 2.11 bits per heavy atom.